The van der Waals surface area contributed by atoms with Gasteiger partial charge in [0.1, 0.15) is 0 Å². The van der Waals surface area contributed by atoms with Gasteiger partial charge >= 0.3 is 0 Å². The van der Waals surface area contributed by atoms with Crippen molar-refractivity contribution in [1.82, 2.24) is 4.90 Å². The van der Waals surface area contributed by atoms with Crippen LogP contribution in [-0.4, -0.2) is 47.6 Å². The minimum atomic E-state index is -0.591. The number of benzene rings is 3. The summed E-state index contributed by atoms with van der Waals surface area (Å²) in [4.78, 5) is 27.6. The van der Waals surface area contributed by atoms with Crippen LogP contribution in [0, 0.1) is 0 Å². The summed E-state index contributed by atoms with van der Waals surface area (Å²) >= 11 is 0. The lowest BCUT2D eigenvalue weighted by molar-refractivity contribution is -0.253. The molecule has 0 unspecified atom stereocenters. The Kier molecular flexibility index (Phi) is 12.0. The molecule has 2 aliphatic heterocycles. The predicted molar refractivity (Wildman–Crippen MR) is 176 cm³/mol. The molecular weight excluding hydrogens is 568 g/mol. The van der Waals surface area contributed by atoms with E-state index < -0.39 is 6.29 Å². The number of nitrogen functional groups attached to an aromatic ring is 1. The van der Waals surface area contributed by atoms with Gasteiger partial charge in [0.25, 0.3) is 0 Å². The Morgan fingerprint density at radius 3 is 2.27 bits per heavy atom. The molecule has 5 rings (SSSR count). The van der Waals surface area contributed by atoms with Crippen LogP contribution in [0.3, 0.4) is 0 Å². The number of aliphatic hydroxyl groups is 1. The standard InChI is InChI=1S/C36H46N4O5/c37-31-12-4-5-13-32(31)39-35(43)15-9-14-34(42)38-29-11-8-10-28(22-29)36-44-30(24-40-20-6-2-1-3-7-21-40)23-33(45-36)27-18-16-26(25-41)17-19-27/h4-5,8,10-13,16-19,22,30,33,36,41H,1-3,6-7,9,14-15,20-21,23-25,37H2,(H,38,42)(H,39,43)/t30-,33+,36+/m1/s1. The van der Waals surface area contributed by atoms with Crippen molar-refractivity contribution in [3.63, 3.8) is 0 Å². The Balaban J connectivity index is 1.20. The van der Waals surface area contributed by atoms with Gasteiger partial charge in [0.15, 0.2) is 6.29 Å². The summed E-state index contributed by atoms with van der Waals surface area (Å²) in [6, 6.07) is 22.6. The highest BCUT2D eigenvalue weighted by atomic mass is 16.7. The molecule has 0 saturated carbocycles. The molecule has 2 saturated heterocycles. The molecule has 9 heteroatoms. The number of ether oxygens (including phenoxy) is 2. The molecule has 2 fully saturated rings. The Bertz CT molecular complexity index is 1390. The van der Waals surface area contributed by atoms with Gasteiger partial charge in [-0.05, 0) is 67.7 Å². The minimum Gasteiger partial charge on any atom is -0.397 e. The highest BCUT2D eigenvalue weighted by Crippen LogP contribution is 2.39. The van der Waals surface area contributed by atoms with E-state index in [4.69, 9.17) is 15.2 Å². The zero-order valence-corrected chi connectivity index (χ0v) is 26.0. The maximum absolute atomic E-state index is 12.8. The lowest BCUT2D eigenvalue weighted by Gasteiger charge is -2.39. The monoisotopic (exact) mass is 614 g/mol. The van der Waals surface area contributed by atoms with Crippen molar-refractivity contribution in [2.24, 2.45) is 0 Å². The molecule has 2 heterocycles. The quantitative estimate of drug-likeness (QED) is 0.186. The third-order valence-corrected chi connectivity index (χ3v) is 8.51. The first-order valence-electron chi connectivity index (χ1n) is 16.2. The SMILES string of the molecule is Nc1ccccc1NC(=O)CCCC(=O)Nc1cccc([C@H]2O[C@@H](CN3CCCCCCC3)C[C@@H](c3ccc(CO)cc3)O2)c1. The van der Waals surface area contributed by atoms with Crippen LogP contribution in [0.15, 0.2) is 72.8 Å². The molecule has 3 atom stereocenters. The van der Waals surface area contributed by atoms with Gasteiger partial charge in [-0.15, -0.1) is 0 Å². The van der Waals surface area contributed by atoms with Gasteiger partial charge in [0, 0.05) is 37.1 Å². The number of nitrogens with zero attached hydrogens (tertiary/aromatic N) is 1. The van der Waals surface area contributed by atoms with Crippen LogP contribution in [0.5, 0.6) is 0 Å². The summed E-state index contributed by atoms with van der Waals surface area (Å²) in [5.74, 6) is -0.346. The topological polar surface area (TPSA) is 126 Å². The first-order valence-corrected chi connectivity index (χ1v) is 16.2. The molecule has 240 valence electrons. The minimum absolute atomic E-state index is 0.00362. The Labute approximate surface area is 266 Å². The van der Waals surface area contributed by atoms with Gasteiger partial charge in [0.05, 0.1) is 30.2 Å². The Morgan fingerprint density at radius 1 is 0.822 bits per heavy atom. The van der Waals surface area contributed by atoms with E-state index in [0.29, 0.717) is 23.5 Å². The second-order valence-electron chi connectivity index (χ2n) is 12.1. The molecule has 2 amide bonds. The lowest BCUT2D eigenvalue weighted by Crippen LogP contribution is -2.40. The second-order valence-corrected chi connectivity index (χ2v) is 12.1. The number of rotatable bonds is 11. The van der Waals surface area contributed by atoms with Crippen LogP contribution < -0.4 is 16.4 Å². The summed E-state index contributed by atoms with van der Waals surface area (Å²) in [7, 11) is 0. The first kappa shape index (κ1) is 32.6. The van der Waals surface area contributed by atoms with Crippen molar-refractivity contribution in [2.45, 2.75) is 82.9 Å². The third-order valence-electron chi connectivity index (χ3n) is 8.51. The number of likely N-dealkylation sites (tertiary alicyclic amines) is 1. The summed E-state index contributed by atoms with van der Waals surface area (Å²) in [5, 5.41) is 15.3. The molecule has 0 spiro atoms. The number of hydrogen-bond acceptors (Lipinski definition) is 7. The van der Waals surface area contributed by atoms with Crippen molar-refractivity contribution in [2.75, 3.05) is 36.0 Å². The number of carbonyl (C=O) groups is 2. The average Bonchev–Trinajstić information content (AvgIpc) is 3.03. The number of aliphatic hydroxyl groups excluding tert-OH is 1. The first-order chi connectivity index (χ1) is 22.0. The average molecular weight is 615 g/mol. The van der Waals surface area contributed by atoms with E-state index in [1.807, 2.05) is 60.7 Å². The number of nitrogens with two attached hydrogens (primary N) is 1. The number of nitrogens with one attached hydrogen (secondary N) is 2. The van der Waals surface area contributed by atoms with E-state index >= 15 is 0 Å². The van der Waals surface area contributed by atoms with Crippen LogP contribution in [0.4, 0.5) is 17.1 Å². The lowest BCUT2D eigenvalue weighted by atomic mass is 9.99. The Hall–Kier alpha value is -3.76. The number of hydrogen-bond donors (Lipinski definition) is 4. The second kappa shape index (κ2) is 16.5. The summed E-state index contributed by atoms with van der Waals surface area (Å²) in [6.45, 7) is 3.03. The van der Waals surface area contributed by atoms with Gasteiger partial charge in [-0.2, -0.15) is 0 Å². The molecule has 2 aliphatic rings. The van der Waals surface area contributed by atoms with E-state index in [2.05, 4.69) is 15.5 Å². The van der Waals surface area contributed by atoms with Gasteiger partial charge in [0.2, 0.25) is 11.8 Å². The predicted octanol–water partition coefficient (Wildman–Crippen LogP) is 6.32. The van der Waals surface area contributed by atoms with Gasteiger partial charge in [-0.1, -0.05) is 67.8 Å². The third kappa shape index (κ3) is 9.86. The van der Waals surface area contributed by atoms with E-state index in [9.17, 15) is 14.7 Å². The normalized spacial score (nSPS) is 21.0. The molecule has 0 bridgehead atoms. The zero-order chi connectivity index (χ0) is 31.4. The van der Waals surface area contributed by atoms with Crippen LogP contribution in [-0.2, 0) is 25.7 Å². The molecule has 0 aromatic heterocycles. The fraction of sp³-hybridized carbons (Fsp3) is 0.444. The van der Waals surface area contributed by atoms with Gasteiger partial charge < -0.3 is 35.8 Å². The van der Waals surface area contributed by atoms with Crippen LogP contribution in [0.25, 0.3) is 0 Å². The van der Waals surface area contributed by atoms with Crippen molar-refractivity contribution >= 4 is 28.9 Å². The van der Waals surface area contributed by atoms with Crippen molar-refractivity contribution in [3.05, 3.63) is 89.5 Å². The van der Waals surface area contributed by atoms with E-state index in [1.54, 1.807) is 12.1 Å². The fourth-order valence-electron chi connectivity index (χ4n) is 6.04. The van der Waals surface area contributed by atoms with E-state index in [1.165, 1.54) is 32.1 Å². The zero-order valence-electron chi connectivity index (χ0n) is 26.0. The van der Waals surface area contributed by atoms with Gasteiger partial charge in [-0.25, -0.2) is 0 Å². The van der Waals surface area contributed by atoms with Crippen molar-refractivity contribution in [3.8, 4) is 0 Å². The number of anilines is 3. The smallest absolute Gasteiger partial charge is 0.224 e. The fourth-order valence-corrected chi connectivity index (χ4v) is 6.04. The number of para-hydroxylation sites is 2. The summed E-state index contributed by atoms with van der Waals surface area (Å²) in [6.07, 6.45) is 7.12. The molecular formula is C36H46N4O5. The van der Waals surface area contributed by atoms with Crippen molar-refractivity contribution in [1.29, 1.82) is 0 Å². The highest BCUT2D eigenvalue weighted by molar-refractivity contribution is 5.94. The summed E-state index contributed by atoms with van der Waals surface area (Å²) in [5.41, 5.74) is 10.4. The largest absolute Gasteiger partial charge is 0.397 e. The molecule has 45 heavy (non-hydrogen) atoms. The number of amides is 2. The van der Waals surface area contributed by atoms with E-state index in [-0.39, 0.29) is 43.5 Å². The highest BCUT2D eigenvalue weighted by Gasteiger charge is 2.33. The Morgan fingerprint density at radius 2 is 1.53 bits per heavy atom. The maximum atomic E-state index is 12.8. The number of carbonyl (C=O) groups excluding carboxylic acids is 2. The summed E-state index contributed by atoms with van der Waals surface area (Å²) < 4.78 is 13.1. The molecule has 0 radical (unpaired) electrons. The molecule has 5 N–H and O–H groups in total. The van der Waals surface area contributed by atoms with Crippen LogP contribution in [0.2, 0.25) is 0 Å². The van der Waals surface area contributed by atoms with Crippen molar-refractivity contribution < 1.29 is 24.2 Å². The molecule has 3 aromatic rings. The van der Waals surface area contributed by atoms with Crippen LogP contribution >= 0.6 is 0 Å². The molecule has 9 nitrogen and oxygen atoms in total. The van der Waals surface area contributed by atoms with E-state index in [0.717, 1.165) is 42.7 Å². The van der Waals surface area contributed by atoms with Gasteiger partial charge in [-0.3, -0.25) is 9.59 Å². The molecule has 3 aromatic carbocycles. The van der Waals surface area contributed by atoms with Crippen LogP contribution in [0.1, 0.15) is 86.9 Å². The maximum Gasteiger partial charge on any atom is 0.224 e. The molecule has 0 aliphatic carbocycles.